The van der Waals surface area contributed by atoms with Crippen LogP contribution in [-0.2, 0) is 36.8 Å². The molecule has 0 aliphatic carbocycles. The fraction of sp³-hybridized carbons (Fsp3) is 0.321. The van der Waals surface area contributed by atoms with E-state index in [4.69, 9.17) is 5.73 Å². The summed E-state index contributed by atoms with van der Waals surface area (Å²) in [4.78, 5) is 65.1. The summed E-state index contributed by atoms with van der Waals surface area (Å²) >= 11 is 0. The lowest BCUT2D eigenvalue weighted by Crippen LogP contribution is -2.60. The number of carbonyl (C=O) groups is 5. The minimum atomic E-state index is -1.65. The zero-order chi connectivity index (χ0) is 30.1. The topological polar surface area (TPSA) is 224 Å². The average molecular weight is 568 g/mol. The van der Waals surface area contributed by atoms with Crippen LogP contribution in [0.1, 0.15) is 24.5 Å². The molecule has 0 spiro atoms. The van der Waals surface area contributed by atoms with Crippen molar-refractivity contribution >= 4 is 40.6 Å². The second-order valence-electron chi connectivity index (χ2n) is 9.65. The second-order valence-corrected chi connectivity index (χ2v) is 9.65. The van der Waals surface area contributed by atoms with E-state index in [-0.39, 0.29) is 12.8 Å². The van der Waals surface area contributed by atoms with Crippen molar-refractivity contribution in [2.75, 3.05) is 0 Å². The first kappa shape index (κ1) is 30.8. The van der Waals surface area contributed by atoms with Gasteiger partial charge < -0.3 is 42.0 Å². The molecular formula is C28H33N5O8. The maximum absolute atomic E-state index is 13.0. The van der Waals surface area contributed by atoms with Crippen molar-refractivity contribution in [1.29, 1.82) is 0 Å². The van der Waals surface area contributed by atoms with Gasteiger partial charge in [-0.05, 0) is 30.5 Å². The van der Waals surface area contributed by atoms with Crippen molar-refractivity contribution in [3.63, 3.8) is 0 Å². The highest BCUT2D eigenvalue weighted by Gasteiger charge is 2.34. The molecule has 3 rings (SSSR count). The van der Waals surface area contributed by atoms with Gasteiger partial charge in [-0.15, -0.1) is 0 Å². The van der Waals surface area contributed by atoms with Crippen LogP contribution in [0.15, 0.2) is 60.8 Å². The largest absolute Gasteiger partial charge is 0.481 e. The third-order valence-corrected chi connectivity index (χ3v) is 6.42. The zero-order valence-corrected chi connectivity index (χ0v) is 22.2. The Balaban J connectivity index is 1.69. The summed E-state index contributed by atoms with van der Waals surface area (Å²) in [5.74, 6) is -5.63. The molecule has 0 fully saturated rings. The number of aliphatic hydroxyl groups is 1. The number of amides is 3. The maximum Gasteiger partial charge on any atom is 0.326 e. The summed E-state index contributed by atoms with van der Waals surface area (Å²) in [6.07, 6.45) is -0.671. The molecule has 13 heteroatoms. The number of nitrogens with two attached hydrogens (primary N) is 1. The molecule has 1 heterocycles. The zero-order valence-electron chi connectivity index (χ0n) is 22.2. The van der Waals surface area contributed by atoms with Crippen LogP contribution in [0.4, 0.5) is 0 Å². The predicted octanol–water partition coefficient (Wildman–Crippen LogP) is -0.325. The first-order chi connectivity index (χ1) is 19.5. The van der Waals surface area contributed by atoms with Gasteiger partial charge in [-0.1, -0.05) is 48.5 Å². The van der Waals surface area contributed by atoms with E-state index in [2.05, 4.69) is 20.9 Å². The van der Waals surface area contributed by atoms with E-state index in [0.717, 1.165) is 16.5 Å². The Morgan fingerprint density at radius 1 is 0.829 bits per heavy atom. The van der Waals surface area contributed by atoms with Crippen LogP contribution < -0.4 is 21.7 Å². The number of rotatable bonds is 14. The smallest absolute Gasteiger partial charge is 0.326 e. The minimum Gasteiger partial charge on any atom is -0.481 e. The first-order valence-electron chi connectivity index (χ1n) is 12.8. The van der Waals surface area contributed by atoms with Crippen molar-refractivity contribution < 1.29 is 39.3 Å². The van der Waals surface area contributed by atoms with Crippen LogP contribution in [-0.4, -0.2) is 80.2 Å². The van der Waals surface area contributed by atoms with Crippen molar-refractivity contribution in [1.82, 2.24) is 20.9 Å². The van der Waals surface area contributed by atoms with Gasteiger partial charge >= 0.3 is 11.9 Å². The van der Waals surface area contributed by atoms with E-state index in [9.17, 15) is 39.3 Å². The summed E-state index contributed by atoms with van der Waals surface area (Å²) in [5, 5.41) is 36.9. The molecule has 13 nitrogen and oxygen atoms in total. The van der Waals surface area contributed by atoms with Gasteiger partial charge in [0.05, 0.1) is 18.6 Å². The highest BCUT2D eigenvalue weighted by atomic mass is 16.4. The van der Waals surface area contributed by atoms with Crippen LogP contribution in [0.2, 0.25) is 0 Å². The molecule has 0 radical (unpaired) electrons. The van der Waals surface area contributed by atoms with Gasteiger partial charge in [0.2, 0.25) is 17.7 Å². The van der Waals surface area contributed by atoms with Gasteiger partial charge in [-0.3, -0.25) is 19.2 Å². The van der Waals surface area contributed by atoms with Gasteiger partial charge in [0.1, 0.15) is 18.1 Å². The normalized spacial score (nSPS) is 14.7. The van der Waals surface area contributed by atoms with Gasteiger partial charge in [0.15, 0.2) is 0 Å². The number of carboxylic acid groups (broad SMARTS) is 2. The third kappa shape index (κ3) is 8.62. The molecular weight excluding hydrogens is 534 g/mol. The Labute approximate surface area is 235 Å². The first-order valence-corrected chi connectivity index (χ1v) is 12.8. The number of H-pyrrole nitrogens is 1. The Bertz CT molecular complexity index is 1390. The molecule has 0 saturated heterocycles. The Morgan fingerprint density at radius 2 is 1.46 bits per heavy atom. The predicted molar refractivity (Wildman–Crippen MR) is 147 cm³/mol. The number of benzene rings is 2. The average Bonchev–Trinajstić information content (AvgIpc) is 3.33. The molecule has 0 saturated carbocycles. The molecule has 0 aliphatic rings. The van der Waals surface area contributed by atoms with Crippen LogP contribution in [0, 0.1) is 0 Å². The minimum absolute atomic E-state index is 0.0947. The summed E-state index contributed by atoms with van der Waals surface area (Å²) < 4.78 is 0. The molecule has 3 aromatic rings. The van der Waals surface area contributed by atoms with Crippen LogP contribution in [0.3, 0.4) is 0 Å². The summed E-state index contributed by atoms with van der Waals surface area (Å²) in [6, 6.07) is 10.2. The molecule has 3 amide bonds. The van der Waals surface area contributed by atoms with Gasteiger partial charge in [-0.2, -0.15) is 0 Å². The number of fused-ring (bicyclic) bond motifs is 1. The molecule has 5 unspecified atom stereocenters. The second kappa shape index (κ2) is 14.1. The SMILES string of the molecule is CC(O)C(NC(=O)C(CC(=O)O)NC(=O)C(N)Cc1ccccc1)C(=O)NC(Cc1c[nH]c2ccccc12)C(=O)O. The lowest BCUT2D eigenvalue weighted by atomic mass is 10.0. The number of aromatic nitrogens is 1. The van der Waals surface area contributed by atoms with Crippen molar-refractivity contribution in [2.24, 2.45) is 5.73 Å². The Morgan fingerprint density at radius 3 is 2.10 bits per heavy atom. The van der Waals surface area contributed by atoms with E-state index in [1.807, 2.05) is 12.1 Å². The number of aliphatic carboxylic acids is 2. The van der Waals surface area contributed by atoms with E-state index < -0.39 is 66.4 Å². The number of carboxylic acids is 2. The van der Waals surface area contributed by atoms with Gasteiger partial charge in [-0.25, -0.2) is 4.79 Å². The third-order valence-electron chi connectivity index (χ3n) is 6.42. The molecule has 1 aromatic heterocycles. The summed E-state index contributed by atoms with van der Waals surface area (Å²) in [7, 11) is 0. The number of para-hydroxylation sites is 1. The molecule has 0 aliphatic heterocycles. The lowest BCUT2D eigenvalue weighted by molar-refractivity contribution is -0.144. The highest BCUT2D eigenvalue weighted by molar-refractivity contribution is 5.96. The standard InChI is InChI=1S/C28H33N5O8/c1-15(34)24(27(39)32-22(28(40)41)12-17-14-30-20-10-6-5-9-18(17)20)33-26(38)21(13-23(35)36)31-25(37)19(29)11-16-7-3-2-4-8-16/h2-10,14-15,19,21-22,24,30,34H,11-13,29H2,1H3,(H,31,37)(H,32,39)(H,33,38)(H,35,36)(H,40,41). The number of nitrogens with one attached hydrogen (secondary N) is 4. The molecule has 9 N–H and O–H groups in total. The van der Waals surface area contributed by atoms with Crippen molar-refractivity contribution in [3.05, 3.63) is 71.9 Å². The Kier molecular flexibility index (Phi) is 10.6. The molecule has 218 valence electrons. The number of aromatic amines is 1. The molecule has 5 atom stereocenters. The maximum atomic E-state index is 13.0. The number of aliphatic hydroxyl groups excluding tert-OH is 1. The quantitative estimate of drug-likeness (QED) is 0.128. The summed E-state index contributed by atoms with van der Waals surface area (Å²) in [6.45, 7) is 1.19. The number of carbonyl (C=O) groups excluding carboxylic acids is 3. The van der Waals surface area contributed by atoms with Crippen LogP contribution in [0.25, 0.3) is 10.9 Å². The molecule has 2 aromatic carbocycles. The van der Waals surface area contributed by atoms with Crippen molar-refractivity contribution in [2.45, 2.75) is 56.5 Å². The Hall–Kier alpha value is -4.75. The monoisotopic (exact) mass is 567 g/mol. The lowest BCUT2D eigenvalue weighted by Gasteiger charge is -2.26. The van der Waals surface area contributed by atoms with E-state index in [1.54, 1.807) is 48.7 Å². The van der Waals surface area contributed by atoms with E-state index in [1.165, 1.54) is 6.92 Å². The number of hydrogen-bond acceptors (Lipinski definition) is 7. The number of hydrogen-bond donors (Lipinski definition) is 8. The van der Waals surface area contributed by atoms with Crippen molar-refractivity contribution in [3.8, 4) is 0 Å². The highest BCUT2D eigenvalue weighted by Crippen LogP contribution is 2.19. The molecule has 41 heavy (non-hydrogen) atoms. The fourth-order valence-corrected chi connectivity index (χ4v) is 4.26. The summed E-state index contributed by atoms with van der Waals surface area (Å²) in [5.41, 5.74) is 8.10. The van der Waals surface area contributed by atoms with E-state index in [0.29, 0.717) is 5.56 Å². The van der Waals surface area contributed by atoms with E-state index >= 15 is 0 Å². The van der Waals surface area contributed by atoms with Crippen LogP contribution in [0.5, 0.6) is 0 Å². The van der Waals surface area contributed by atoms with Gasteiger partial charge in [0.25, 0.3) is 0 Å². The fourth-order valence-electron chi connectivity index (χ4n) is 4.26. The van der Waals surface area contributed by atoms with Gasteiger partial charge in [0, 0.05) is 23.5 Å². The molecule has 0 bridgehead atoms. The van der Waals surface area contributed by atoms with Crippen LogP contribution >= 0.6 is 0 Å².